The third-order valence-electron chi connectivity index (χ3n) is 3.61. The van der Waals surface area contributed by atoms with Crippen LogP contribution in [0.25, 0.3) is 0 Å². The molecule has 138 valence electrons. The first-order chi connectivity index (χ1) is 12.5. The Morgan fingerprint density at radius 2 is 1.62 bits per heavy atom. The number of hydrogen-bond donors (Lipinski definition) is 1. The monoisotopic (exact) mass is 375 g/mol. The number of carbonyl (C=O) groups excluding carboxylic acids is 2. The number of nitrogens with one attached hydrogen (secondary N) is 1. The molecule has 0 aliphatic carbocycles. The molecular weight excluding hydrogens is 354 g/mol. The molecule has 2 aromatic carbocycles. The predicted molar refractivity (Wildman–Crippen MR) is 101 cm³/mol. The van der Waals surface area contributed by atoms with Crippen LogP contribution in [0.1, 0.15) is 17.3 Å². The van der Waals surface area contributed by atoms with Gasteiger partial charge in [0.15, 0.2) is 11.5 Å². The largest absolute Gasteiger partial charge is 0.493 e. The van der Waals surface area contributed by atoms with E-state index in [0.717, 1.165) is 4.90 Å². The van der Waals surface area contributed by atoms with Gasteiger partial charge in [-0.05, 0) is 19.1 Å². The van der Waals surface area contributed by atoms with Gasteiger partial charge >= 0.3 is 5.97 Å². The molecule has 7 heteroatoms. The molecule has 0 saturated heterocycles. The van der Waals surface area contributed by atoms with E-state index >= 15 is 0 Å². The van der Waals surface area contributed by atoms with Crippen LogP contribution in [-0.2, 0) is 9.53 Å². The predicted octanol–water partition coefficient (Wildman–Crippen LogP) is 3.61. The minimum Gasteiger partial charge on any atom is -0.493 e. The van der Waals surface area contributed by atoms with Crippen LogP contribution < -0.4 is 14.8 Å². The van der Waals surface area contributed by atoms with Crippen LogP contribution in [0.5, 0.6) is 11.5 Å². The number of esters is 1. The van der Waals surface area contributed by atoms with Crippen molar-refractivity contribution >= 4 is 29.3 Å². The van der Waals surface area contributed by atoms with Crippen LogP contribution in [0.15, 0.2) is 47.4 Å². The lowest BCUT2D eigenvalue weighted by molar-refractivity contribution is -0.115. The van der Waals surface area contributed by atoms with Crippen molar-refractivity contribution in [3.8, 4) is 11.5 Å². The summed E-state index contributed by atoms with van der Waals surface area (Å²) in [6, 6.07) is 12.6. The van der Waals surface area contributed by atoms with Crippen molar-refractivity contribution in [1.82, 2.24) is 0 Å². The normalized spacial score (nSPS) is 11.4. The maximum atomic E-state index is 12.6. The van der Waals surface area contributed by atoms with E-state index < -0.39 is 5.97 Å². The second-order valence-electron chi connectivity index (χ2n) is 5.31. The van der Waals surface area contributed by atoms with Gasteiger partial charge in [-0.25, -0.2) is 4.79 Å². The van der Waals surface area contributed by atoms with E-state index in [1.807, 2.05) is 30.3 Å². The summed E-state index contributed by atoms with van der Waals surface area (Å²) in [4.78, 5) is 25.6. The Morgan fingerprint density at radius 3 is 2.19 bits per heavy atom. The van der Waals surface area contributed by atoms with E-state index in [1.54, 1.807) is 13.0 Å². The van der Waals surface area contributed by atoms with Crippen LogP contribution in [0.3, 0.4) is 0 Å². The molecule has 0 aromatic heterocycles. The molecule has 0 aliphatic heterocycles. The Morgan fingerprint density at radius 1 is 1.00 bits per heavy atom. The minimum atomic E-state index is -0.579. The van der Waals surface area contributed by atoms with Gasteiger partial charge < -0.3 is 19.5 Å². The fourth-order valence-corrected chi connectivity index (χ4v) is 3.14. The number of ether oxygens (including phenoxy) is 3. The van der Waals surface area contributed by atoms with E-state index in [4.69, 9.17) is 14.2 Å². The molecule has 0 aliphatic rings. The van der Waals surface area contributed by atoms with Crippen LogP contribution in [0.4, 0.5) is 5.69 Å². The Kier molecular flexibility index (Phi) is 6.91. The molecule has 2 rings (SSSR count). The minimum absolute atomic E-state index is 0.190. The number of anilines is 1. The highest BCUT2D eigenvalue weighted by Gasteiger charge is 2.21. The smallest absolute Gasteiger partial charge is 0.340 e. The van der Waals surface area contributed by atoms with Gasteiger partial charge in [0.2, 0.25) is 5.91 Å². The molecule has 2 aromatic rings. The molecule has 0 radical (unpaired) electrons. The third-order valence-corrected chi connectivity index (χ3v) is 4.72. The Hall–Kier alpha value is -2.67. The zero-order valence-electron chi connectivity index (χ0n) is 15.1. The number of thioether (sulfide) groups is 1. The van der Waals surface area contributed by atoms with E-state index in [1.165, 1.54) is 39.2 Å². The van der Waals surface area contributed by atoms with Crippen LogP contribution in [-0.4, -0.2) is 38.5 Å². The number of rotatable bonds is 7. The van der Waals surface area contributed by atoms with E-state index in [2.05, 4.69) is 5.32 Å². The number of methoxy groups -OCH3 is 3. The molecule has 0 heterocycles. The van der Waals surface area contributed by atoms with Gasteiger partial charge in [-0.2, -0.15) is 0 Å². The quantitative estimate of drug-likeness (QED) is 0.589. The summed E-state index contributed by atoms with van der Waals surface area (Å²) in [5.74, 6) is -0.0442. The lowest BCUT2D eigenvalue weighted by Crippen LogP contribution is -2.24. The summed E-state index contributed by atoms with van der Waals surface area (Å²) < 4.78 is 15.3. The molecule has 0 unspecified atom stereocenters. The second-order valence-corrected chi connectivity index (χ2v) is 6.72. The molecule has 0 saturated carbocycles. The molecule has 1 N–H and O–H groups in total. The second kappa shape index (κ2) is 9.15. The molecule has 0 spiro atoms. The lowest BCUT2D eigenvalue weighted by atomic mass is 10.1. The van der Waals surface area contributed by atoms with E-state index in [0.29, 0.717) is 17.2 Å². The summed E-state index contributed by atoms with van der Waals surface area (Å²) in [5, 5.41) is 2.41. The maximum Gasteiger partial charge on any atom is 0.340 e. The molecular formula is C19H21NO5S. The van der Waals surface area contributed by atoms with Crippen molar-refractivity contribution in [3.05, 3.63) is 48.0 Å². The van der Waals surface area contributed by atoms with Gasteiger partial charge in [-0.3, -0.25) is 4.79 Å². The first-order valence-corrected chi connectivity index (χ1v) is 8.75. The summed E-state index contributed by atoms with van der Waals surface area (Å²) in [6.07, 6.45) is 0. The fourth-order valence-electron chi connectivity index (χ4n) is 2.25. The van der Waals surface area contributed by atoms with Gasteiger partial charge in [0.05, 0.1) is 37.8 Å². The molecule has 26 heavy (non-hydrogen) atoms. The highest BCUT2D eigenvalue weighted by atomic mass is 32.2. The average molecular weight is 375 g/mol. The topological polar surface area (TPSA) is 73.9 Å². The summed E-state index contributed by atoms with van der Waals surface area (Å²) in [7, 11) is 4.23. The van der Waals surface area contributed by atoms with Crippen LogP contribution in [0.2, 0.25) is 0 Å². The van der Waals surface area contributed by atoms with Crippen LogP contribution in [0, 0.1) is 0 Å². The molecule has 1 atom stereocenters. The summed E-state index contributed by atoms with van der Waals surface area (Å²) in [5.41, 5.74) is 0.496. The molecule has 0 bridgehead atoms. The van der Waals surface area contributed by atoms with E-state index in [9.17, 15) is 9.59 Å². The van der Waals surface area contributed by atoms with Gasteiger partial charge in [-0.1, -0.05) is 18.2 Å². The molecule has 1 amide bonds. The maximum absolute atomic E-state index is 12.6. The van der Waals surface area contributed by atoms with Gasteiger partial charge in [0.25, 0.3) is 0 Å². The Bertz CT molecular complexity index is 779. The molecule has 0 fully saturated rings. The van der Waals surface area contributed by atoms with E-state index in [-0.39, 0.29) is 16.7 Å². The number of amides is 1. The van der Waals surface area contributed by atoms with Crippen molar-refractivity contribution in [2.45, 2.75) is 17.1 Å². The summed E-state index contributed by atoms with van der Waals surface area (Å²) in [6.45, 7) is 1.80. The zero-order chi connectivity index (χ0) is 19.1. The Balaban J connectivity index is 2.25. The Labute approximate surface area is 156 Å². The third kappa shape index (κ3) is 4.70. The van der Waals surface area contributed by atoms with Gasteiger partial charge in [-0.15, -0.1) is 11.8 Å². The summed E-state index contributed by atoms with van der Waals surface area (Å²) >= 11 is 1.42. The first kappa shape index (κ1) is 19.7. The van der Waals surface area contributed by atoms with Gasteiger partial charge in [0, 0.05) is 17.0 Å². The molecule has 6 nitrogen and oxygen atoms in total. The standard InChI is InChI=1S/C19H21NO5S/c1-12(26-13-8-6-5-7-9-13)18(21)20-15-11-17(24-3)16(23-2)10-14(15)19(22)25-4/h5-12H,1-4H3,(H,20,21)/t12-/m0/s1. The average Bonchev–Trinajstić information content (AvgIpc) is 2.67. The van der Waals surface area contributed by atoms with Crippen LogP contribution >= 0.6 is 11.8 Å². The fraction of sp³-hybridized carbons (Fsp3) is 0.263. The van der Waals surface area contributed by atoms with Crippen molar-refractivity contribution in [2.24, 2.45) is 0 Å². The van der Waals surface area contributed by atoms with Crippen molar-refractivity contribution in [3.63, 3.8) is 0 Å². The van der Waals surface area contributed by atoms with Crippen molar-refractivity contribution in [2.75, 3.05) is 26.6 Å². The van der Waals surface area contributed by atoms with Crippen molar-refractivity contribution < 1.29 is 23.8 Å². The first-order valence-electron chi connectivity index (χ1n) is 7.87. The van der Waals surface area contributed by atoms with Crippen molar-refractivity contribution in [1.29, 1.82) is 0 Å². The number of carbonyl (C=O) groups is 2. The number of hydrogen-bond acceptors (Lipinski definition) is 6. The lowest BCUT2D eigenvalue weighted by Gasteiger charge is -2.16. The van der Waals surface area contributed by atoms with Gasteiger partial charge in [0.1, 0.15) is 0 Å². The highest BCUT2D eigenvalue weighted by molar-refractivity contribution is 8.00. The highest BCUT2D eigenvalue weighted by Crippen LogP contribution is 2.34. The zero-order valence-corrected chi connectivity index (χ0v) is 15.9. The number of benzene rings is 2. The SMILES string of the molecule is COC(=O)c1cc(OC)c(OC)cc1NC(=O)[C@H](C)Sc1ccccc1.